The Morgan fingerprint density at radius 2 is 1.07 bits per heavy atom. The number of pyridine rings is 1. The molecular formula is C23H23N3O4. The topological polar surface area (TPSA) is 89.6 Å². The van der Waals surface area contributed by atoms with E-state index in [9.17, 15) is 9.59 Å². The minimum atomic E-state index is -0.716. The SMILES string of the molecule is C[C@H](Oc1ccccc1)C(=O)Nc1cccc(NC(=O)[C@H](C)Oc2ccccc2)n1. The first kappa shape index (κ1) is 20.9. The Balaban J connectivity index is 1.56. The minimum absolute atomic E-state index is 0.304. The normalized spacial score (nSPS) is 12.3. The van der Waals surface area contributed by atoms with Crippen LogP contribution in [0, 0.1) is 0 Å². The van der Waals surface area contributed by atoms with Gasteiger partial charge < -0.3 is 20.1 Å². The van der Waals surface area contributed by atoms with Crippen molar-refractivity contribution in [2.24, 2.45) is 0 Å². The second-order valence-corrected chi connectivity index (χ2v) is 6.53. The first-order chi connectivity index (χ1) is 14.5. The van der Waals surface area contributed by atoms with Crippen LogP contribution in [0.15, 0.2) is 78.9 Å². The second kappa shape index (κ2) is 10.1. The lowest BCUT2D eigenvalue weighted by Gasteiger charge is -2.16. The third-order valence-electron chi connectivity index (χ3n) is 4.10. The number of carbonyl (C=O) groups is 2. The number of ether oxygens (including phenoxy) is 2. The van der Waals surface area contributed by atoms with Crippen LogP contribution >= 0.6 is 0 Å². The molecule has 2 aromatic carbocycles. The van der Waals surface area contributed by atoms with Crippen molar-refractivity contribution < 1.29 is 19.1 Å². The van der Waals surface area contributed by atoms with Crippen molar-refractivity contribution >= 4 is 23.5 Å². The van der Waals surface area contributed by atoms with Gasteiger partial charge in [-0.1, -0.05) is 42.5 Å². The van der Waals surface area contributed by atoms with E-state index in [0.717, 1.165) is 0 Å². The van der Waals surface area contributed by atoms with E-state index in [0.29, 0.717) is 23.1 Å². The van der Waals surface area contributed by atoms with E-state index >= 15 is 0 Å². The van der Waals surface area contributed by atoms with Crippen molar-refractivity contribution in [1.82, 2.24) is 4.98 Å². The quantitative estimate of drug-likeness (QED) is 0.593. The van der Waals surface area contributed by atoms with Crippen LogP contribution in [-0.4, -0.2) is 29.0 Å². The Morgan fingerprint density at radius 3 is 1.47 bits per heavy atom. The molecule has 0 saturated heterocycles. The molecule has 0 bridgehead atoms. The summed E-state index contributed by atoms with van der Waals surface area (Å²) in [5.74, 6) is 1.10. The molecule has 0 fully saturated rings. The van der Waals surface area contributed by atoms with Gasteiger partial charge in [-0.2, -0.15) is 0 Å². The average molecular weight is 405 g/mol. The van der Waals surface area contributed by atoms with Gasteiger partial charge in [-0.05, 0) is 50.2 Å². The molecule has 0 aliphatic carbocycles. The van der Waals surface area contributed by atoms with Gasteiger partial charge in [0.25, 0.3) is 11.8 Å². The summed E-state index contributed by atoms with van der Waals surface area (Å²) in [7, 11) is 0. The number of rotatable bonds is 8. The molecule has 0 saturated carbocycles. The number of aromatic nitrogens is 1. The summed E-state index contributed by atoms with van der Waals surface area (Å²) in [5.41, 5.74) is 0. The molecule has 2 N–H and O–H groups in total. The molecule has 0 spiro atoms. The third-order valence-corrected chi connectivity index (χ3v) is 4.10. The van der Waals surface area contributed by atoms with Gasteiger partial charge in [-0.15, -0.1) is 0 Å². The fourth-order valence-corrected chi connectivity index (χ4v) is 2.54. The maximum Gasteiger partial charge on any atom is 0.266 e. The fourth-order valence-electron chi connectivity index (χ4n) is 2.54. The number of amides is 2. The van der Waals surface area contributed by atoms with Gasteiger partial charge in [0.15, 0.2) is 12.2 Å². The molecule has 0 aliphatic rings. The van der Waals surface area contributed by atoms with Gasteiger partial charge in [-0.3, -0.25) is 9.59 Å². The molecule has 3 aromatic rings. The van der Waals surface area contributed by atoms with Crippen LogP contribution in [0.4, 0.5) is 11.6 Å². The Morgan fingerprint density at radius 1 is 0.667 bits per heavy atom. The van der Waals surface area contributed by atoms with Crippen molar-refractivity contribution in [2.75, 3.05) is 10.6 Å². The predicted octanol–water partition coefficient (Wildman–Crippen LogP) is 3.89. The standard InChI is InChI=1S/C23H23N3O4/c1-16(29-18-10-5-3-6-11-18)22(27)25-20-14-9-15-21(24-20)26-23(28)17(2)30-19-12-7-4-8-13-19/h3-17H,1-2H3,(H2,24,25,26,27,28)/t16-,17-/m0/s1. The van der Waals surface area contributed by atoms with Gasteiger partial charge in [-0.25, -0.2) is 4.98 Å². The van der Waals surface area contributed by atoms with Gasteiger partial charge in [0.2, 0.25) is 0 Å². The van der Waals surface area contributed by atoms with Crippen molar-refractivity contribution in [3.05, 3.63) is 78.9 Å². The summed E-state index contributed by atoms with van der Waals surface area (Å²) >= 11 is 0. The zero-order chi connectivity index (χ0) is 21.3. The van der Waals surface area contributed by atoms with E-state index < -0.39 is 12.2 Å². The first-order valence-corrected chi connectivity index (χ1v) is 9.53. The maximum absolute atomic E-state index is 12.4. The van der Waals surface area contributed by atoms with E-state index in [4.69, 9.17) is 9.47 Å². The fraction of sp³-hybridized carbons (Fsp3) is 0.174. The van der Waals surface area contributed by atoms with Crippen LogP contribution < -0.4 is 20.1 Å². The number of nitrogens with one attached hydrogen (secondary N) is 2. The number of anilines is 2. The molecule has 1 heterocycles. The molecule has 1 aromatic heterocycles. The zero-order valence-electron chi connectivity index (χ0n) is 16.7. The second-order valence-electron chi connectivity index (χ2n) is 6.53. The number of carbonyl (C=O) groups excluding carboxylic acids is 2. The summed E-state index contributed by atoms with van der Waals surface area (Å²) in [6, 6.07) is 23.1. The molecule has 0 radical (unpaired) electrons. The van der Waals surface area contributed by atoms with Gasteiger partial charge in [0, 0.05) is 0 Å². The third kappa shape index (κ3) is 6.07. The van der Waals surface area contributed by atoms with Crippen LogP contribution in [0.2, 0.25) is 0 Å². The van der Waals surface area contributed by atoms with Gasteiger partial charge in [0.05, 0.1) is 0 Å². The largest absolute Gasteiger partial charge is 0.481 e. The van der Waals surface area contributed by atoms with Gasteiger partial charge >= 0.3 is 0 Å². The highest BCUT2D eigenvalue weighted by Crippen LogP contribution is 2.15. The van der Waals surface area contributed by atoms with Crippen molar-refractivity contribution in [2.45, 2.75) is 26.1 Å². The Kier molecular flexibility index (Phi) is 7.00. The molecule has 7 heteroatoms. The molecule has 154 valence electrons. The molecule has 0 unspecified atom stereocenters. The maximum atomic E-state index is 12.4. The molecule has 2 atom stereocenters. The summed E-state index contributed by atoms with van der Waals surface area (Å²) in [6.07, 6.45) is -1.43. The van der Waals surface area contributed by atoms with Crippen LogP contribution in [-0.2, 0) is 9.59 Å². The number of hydrogen-bond donors (Lipinski definition) is 2. The molecule has 7 nitrogen and oxygen atoms in total. The zero-order valence-corrected chi connectivity index (χ0v) is 16.7. The van der Waals surface area contributed by atoms with Crippen LogP contribution in [0.3, 0.4) is 0 Å². The molecule has 3 rings (SSSR count). The van der Waals surface area contributed by atoms with E-state index in [1.165, 1.54) is 0 Å². The number of hydrogen-bond acceptors (Lipinski definition) is 5. The number of benzene rings is 2. The molecular weight excluding hydrogens is 382 g/mol. The molecule has 0 aliphatic heterocycles. The summed E-state index contributed by atoms with van der Waals surface area (Å²) in [6.45, 7) is 3.30. The Labute approximate surface area is 175 Å². The average Bonchev–Trinajstić information content (AvgIpc) is 2.75. The van der Waals surface area contributed by atoms with Crippen molar-refractivity contribution in [1.29, 1.82) is 0 Å². The Bertz CT molecular complexity index is 903. The number of para-hydroxylation sites is 2. The van der Waals surface area contributed by atoms with E-state index in [2.05, 4.69) is 15.6 Å². The lowest BCUT2D eigenvalue weighted by atomic mass is 10.3. The summed E-state index contributed by atoms with van der Waals surface area (Å²) in [5, 5.41) is 5.37. The lowest BCUT2D eigenvalue weighted by molar-refractivity contribution is -0.122. The summed E-state index contributed by atoms with van der Waals surface area (Å²) < 4.78 is 11.2. The van der Waals surface area contributed by atoms with Crippen molar-refractivity contribution in [3.8, 4) is 11.5 Å². The predicted molar refractivity (Wildman–Crippen MR) is 115 cm³/mol. The van der Waals surface area contributed by atoms with E-state index in [-0.39, 0.29) is 11.8 Å². The highest BCUT2D eigenvalue weighted by molar-refractivity contribution is 5.95. The molecule has 30 heavy (non-hydrogen) atoms. The lowest BCUT2D eigenvalue weighted by Crippen LogP contribution is -2.31. The number of nitrogens with zero attached hydrogens (tertiary/aromatic N) is 1. The minimum Gasteiger partial charge on any atom is -0.481 e. The van der Waals surface area contributed by atoms with E-state index in [1.807, 2.05) is 36.4 Å². The van der Waals surface area contributed by atoms with Crippen LogP contribution in [0.1, 0.15) is 13.8 Å². The monoisotopic (exact) mass is 405 g/mol. The Hall–Kier alpha value is -3.87. The van der Waals surface area contributed by atoms with Crippen molar-refractivity contribution in [3.63, 3.8) is 0 Å². The van der Waals surface area contributed by atoms with Gasteiger partial charge in [0.1, 0.15) is 23.1 Å². The van der Waals surface area contributed by atoms with Crippen LogP contribution in [0.5, 0.6) is 11.5 Å². The van der Waals surface area contributed by atoms with E-state index in [1.54, 1.807) is 56.3 Å². The smallest absolute Gasteiger partial charge is 0.266 e. The first-order valence-electron chi connectivity index (χ1n) is 9.53. The molecule has 2 amide bonds. The summed E-state index contributed by atoms with van der Waals surface area (Å²) in [4.78, 5) is 29.0. The highest BCUT2D eigenvalue weighted by atomic mass is 16.5. The van der Waals surface area contributed by atoms with Crippen LogP contribution in [0.25, 0.3) is 0 Å². The highest BCUT2D eigenvalue weighted by Gasteiger charge is 2.17.